The molecule has 1 unspecified atom stereocenters. The Morgan fingerprint density at radius 1 is 1.38 bits per heavy atom. The molecule has 0 aliphatic heterocycles. The summed E-state index contributed by atoms with van der Waals surface area (Å²) in [6.45, 7) is 1.50. The fourth-order valence-electron chi connectivity index (χ4n) is 0.938. The maximum absolute atomic E-state index is 11.7. The van der Waals surface area contributed by atoms with Crippen LogP contribution in [0.5, 0.6) is 0 Å². The molecule has 4 nitrogen and oxygen atoms in total. The van der Waals surface area contributed by atoms with E-state index in [1.165, 1.54) is 0 Å². The van der Waals surface area contributed by atoms with E-state index in [9.17, 15) is 18.0 Å². The standard InChI is InChI=1S/C9H17F3N2O2/c1-3-8(2,6-15)14-7(16)4-13-5-9(10,11)12/h13,15H,3-6H2,1-2H3,(H,14,16). The van der Waals surface area contributed by atoms with Gasteiger partial charge >= 0.3 is 6.18 Å². The zero-order valence-electron chi connectivity index (χ0n) is 9.32. The van der Waals surface area contributed by atoms with Gasteiger partial charge in [0.1, 0.15) is 0 Å². The second kappa shape index (κ2) is 6.05. The number of hydrogen-bond acceptors (Lipinski definition) is 3. The molecule has 7 heteroatoms. The second-order valence-electron chi connectivity index (χ2n) is 3.84. The first-order chi connectivity index (χ1) is 7.22. The van der Waals surface area contributed by atoms with Gasteiger partial charge in [-0.15, -0.1) is 0 Å². The number of rotatable bonds is 6. The van der Waals surface area contributed by atoms with Crippen molar-refractivity contribution in [2.75, 3.05) is 19.7 Å². The van der Waals surface area contributed by atoms with Gasteiger partial charge in [-0.25, -0.2) is 0 Å². The Kier molecular flexibility index (Phi) is 5.74. The Hall–Kier alpha value is -0.820. The van der Waals surface area contributed by atoms with Crippen molar-refractivity contribution in [3.8, 4) is 0 Å². The van der Waals surface area contributed by atoms with Gasteiger partial charge in [0.2, 0.25) is 5.91 Å². The van der Waals surface area contributed by atoms with Crippen molar-refractivity contribution in [2.24, 2.45) is 0 Å². The first-order valence-electron chi connectivity index (χ1n) is 4.92. The number of hydrogen-bond donors (Lipinski definition) is 3. The van der Waals surface area contributed by atoms with Crippen molar-refractivity contribution in [1.29, 1.82) is 0 Å². The predicted octanol–water partition coefficient (Wildman–Crippen LogP) is 0.415. The maximum atomic E-state index is 11.7. The number of alkyl halides is 3. The number of halogens is 3. The van der Waals surface area contributed by atoms with Crippen LogP contribution < -0.4 is 10.6 Å². The average molecular weight is 242 g/mol. The summed E-state index contributed by atoms with van der Waals surface area (Å²) in [5, 5.41) is 13.4. The Bertz CT molecular complexity index is 227. The summed E-state index contributed by atoms with van der Waals surface area (Å²) < 4.78 is 35.2. The van der Waals surface area contributed by atoms with Crippen molar-refractivity contribution < 1.29 is 23.1 Å². The Balaban J connectivity index is 3.91. The quantitative estimate of drug-likeness (QED) is 0.632. The first kappa shape index (κ1) is 15.2. The van der Waals surface area contributed by atoms with E-state index < -0.39 is 30.7 Å². The molecule has 0 aromatic heterocycles. The van der Waals surface area contributed by atoms with Crippen LogP contribution in [-0.4, -0.2) is 42.4 Å². The van der Waals surface area contributed by atoms with Gasteiger partial charge < -0.3 is 15.7 Å². The summed E-state index contributed by atoms with van der Waals surface area (Å²) in [5.74, 6) is -0.567. The topological polar surface area (TPSA) is 61.4 Å². The van der Waals surface area contributed by atoms with Gasteiger partial charge in [0.25, 0.3) is 0 Å². The molecule has 1 amide bonds. The lowest BCUT2D eigenvalue weighted by molar-refractivity contribution is -0.129. The van der Waals surface area contributed by atoms with Crippen LogP contribution in [0, 0.1) is 0 Å². The van der Waals surface area contributed by atoms with Crippen molar-refractivity contribution in [2.45, 2.75) is 32.0 Å². The van der Waals surface area contributed by atoms with Crippen LogP contribution in [-0.2, 0) is 4.79 Å². The molecule has 0 aromatic rings. The third kappa shape index (κ3) is 6.62. The van der Waals surface area contributed by atoms with Crippen molar-refractivity contribution in [1.82, 2.24) is 10.6 Å². The summed E-state index contributed by atoms with van der Waals surface area (Å²) >= 11 is 0. The molecule has 0 aliphatic rings. The average Bonchev–Trinajstić information content (AvgIpc) is 2.15. The Morgan fingerprint density at radius 2 is 1.94 bits per heavy atom. The van der Waals surface area contributed by atoms with Gasteiger partial charge in [0.05, 0.1) is 25.2 Å². The summed E-state index contributed by atoms with van der Waals surface area (Å²) in [7, 11) is 0. The normalized spacial score (nSPS) is 15.6. The number of aliphatic hydroxyl groups excluding tert-OH is 1. The van der Waals surface area contributed by atoms with Crippen LogP contribution in [0.1, 0.15) is 20.3 Å². The smallest absolute Gasteiger partial charge is 0.394 e. The molecule has 0 rings (SSSR count). The number of aliphatic hydroxyl groups is 1. The van der Waals surface area contributed by atoms with Crippen LogP contribution in [0.3, 0.4) is 0 Å². The van der Waals surface area contributed by atoms with E-state index >= 15 is 0 Å². The van der Waals surface area contributed by atoms with Crippen LogP contribution >= 0.6 is 0 Å². The molecule has 0 aliphatic carbocycles. The number of amides is 1. The molecule has 0 fully saturated rings. The lowest BCUT2D eigenvalue weighted by Gasteiger charge is -2.27. The molecule has 3 N–H and O–H groups in total. The zero-order chi connectivity index (χ0) is 12.8. The van der Waals surface area contributed by atoms with E-state index in [4.69, 9.17) is 5.11 Å². The second-order valence-corrected chi connectivity index (χ2v) is 3.84. The minimum atomic E-state index is -4.33. The highest BCUT2D eigenvalue weighted by molar-refractivity contribution is 5.78. The van der Waals surface area contributed by atoms with Gasteiger partial charge in [-0.2, -0.15) is 13.2 Å². The van der Waals surface area contributed by atoms with Crippen molar-refractivity contribution in [3.05, 3.63) is 0 Å². The lowest BCUT2D eigenvalue weighted by atomic mass is 10.0. The highest BCUT2D eigenvalue weighted by atomic mass is 19.4. The van der Waals surface area contributed by atoms with Crippen LogP contribution in [0.4, 0.5) is 13.2 Å². The Morgan fingerprint density at radius 3 is 2.31 bits per heavy atom. The predicted molar refractivity (Wildman–Crippen MR) is 52.8 cm³/mol. The SMILES string of the molecule is CCC(C)(CO)NC(=O)CNCC(F)(F)F. The molecule has 0 spiro atoms. The summed E-state index contributed by atoms with van der Waals surface area (Å²) in [6, 6.07) is 0. The van der Waals surface area contributed by atoms with Crippen LogP contribution in [0.2, 0.25) is 0 Å². The summed E-state index contributed by atoms with van der Waals surface area (Å²) in [6.07, 6.45) is -3.83. The number of nitrogens with one attached hydrogen (secondary N) is 2. The van der Waals surface area contributed by atoms with E-state index in [2.05, 4.69) is 5.32 Å². The Labute approximate surface area is 92.2 Å². The molecule has 0 heterocycles. The molecule has 0 bridgehead atoms. The van der Waals surface area contributed by atoms with Gasteiger partial charge in [-0.1, -0.05) is 6.92 Å². The fraction of sp³-hybridized carbons (Fsp3) is 0.889. The summed E-state index contributed by atoms with van der Waals surface area (Å²) in [5.41, 5.74) is -0.781. The molecule has 0 radical (unpaired) electrons. The molecule has 1 atom stereocenters. The largest absolute Gasteiger partial charge is 0.401 e. The van der Waals surface area contributed by atoms with Crippen molar-refractivity contribution in [3.63, 3.8) is 0 Å². The van der Waals surface area contributed by atoms with Gasteiger partial charge in [0, 0.05) is 0 Å². The van der Waals surface area contributed by atoms with Crippen LogP contribution in [0.15, 0.2) is 0 Å². The highest BCUT2D eigenvalue weighted by Crippen LogP contribution is 2.12. The lowest BCUT2D eigenvalue weighted by Crippen LogP contribution is -2.51. The zero-order valence-corrected chi connectivity index (χ0v) is 9.32. The number of carbonyl (C=O) groups is 1. The third-order valence-electron chi connectivity index (χ3n) is 2.18. The molecule has 0 saturated carbocycles. The van der Waals surface area contributed by atoms with E-state index in [0.717, 1.165) is 0 Å². The van der Waals surface area contributed by atoms with Crippen molar-refractivity contribution >= 4 is 5.91 Å². The minimum Gasteiger partial charge on any atom is -0.394 e. The molecule has 16 heavy (non-hydrogen) atoms. The van der Waals surface area contributed by atoms with Gasteiger partial charge in [-0.3, -0.25) is 4.79 Å². The van der Waals surface area contributed by atoms with Gasteiger partial charge in [-0.05, 0) is 13.3 Å². The first-order valence-corrected chi connectivity index (χ1v) is 4.92. The molecule has 96 valence electrons. The van der Waals surface area contributed by atoms with E-state index in [1.54, 1.807) is 13.8 Å². The van der Waals surface area contributed by atoms with E-state index in [1.807, 2.05) is 5.32 Å². The highest BCUT2D eigenvalue weighted by Gasteiger charge is 2.27. The van der Waals surface area contributed by atoms with Gasteiger partial charge in [0.15, 0.2) is 0 Å². The third-order valence-corrected chi connectivity index (χ3v) is 2.18. The molecular weight excluding hydrogens is 225 g/mol. The molecular formula is C9H17F3N2O2. The maximum Gasteiger partial charge on any atom is 0.401 e. The van der Waals surface area contributed by atoms with Crippen LogP contribution in [0.25, 0.3) is 0 Å². The summed E-state index contributed by atoms with van der Waals surface area (Å²) in [4.78, 5) is 11.2. The van der Waals surface area contributed by atoms with E-state index in [0.29, 0.717) is 6.42 Å². The minimum absolute atomic E-state index is 0.255. The number of carbonyl (C=O) groups excluding carboxylic acids is 1. The fourth-order valence-corrected chi connectivity index (χ4v) is 0.938. The van der Waals surface area contributed by atoms with E-state index in [-0.39, 0.29) is 6.61 Å². The molecule has 0 aromatic carbocycles. The monoisotopic (exact) mass is 242 g/mol. The molecule has 0 saturated heterocycles.